The summed E-state index contributed by atoms with van der Waals surface area (Å²) in [6.45, 7) is 0.603. The maximum Gasteiger partial charge on any atom is 0.168 e. The fourth-order valence-electron chi connectivity index (χ4n) is 2.06. The predicted molar refractivity (Wildman–Crippen MR) is 84.1 cm³/mol. The molecule has 6 nitrogen and oxygen atoms in total. The minimum Gasteiger partial charge on any atom is -0.368 e. The average Bonchev–Trinajstić information content (AvgIpc) is 2.92. The van der Waals surface area contributed by atoms with Gasteiger partial charge in [-0.1, -0.05) is 18.2 Å². The molecule has 1 N–H and O–H groups in total. The highest BCUT2D eigenvalue weighted by molar-refractivity contribution is 7.84. The van der Waals surface area contributed by atoms with Crippen LogP contribution in [-0.2, 0) is 10.8 Å². The number of nitrogens with zero attached hydrogens (tertiary/aromatic N) is 4. The normalized spacial score (nSPS) is 12.4. The van der Waals surface area contributed by atoms with Gasteiger partial charge in [-0.3, -0.25) is 4.21 Å². The third kappa shape index (κ3) is 2.92. The molecular formula is C14H15N5OS. The third-order valence-corrected chi connectivity index (χ3v) is 3.83. The summed E-state index contributed by atoms with van der Waals surface area (Å²) in [4.78, 5) is 8.55. The molecule has 0 aliphatic carbocycles. The number of benzene rings is 1. The summed E-state index contributed by atoms with van der Waals surface area (Å²) in [5.41, 5.74) is 1.70. The molecule has 2 heterocycles. The average molecular weight is 301 g/mol. The lowest BCUT2D eigenvalue weighted by Gasteiger charge is -2.06. The number of fused-ring (bicyclic) bond motifs is 1. The lowest BCUT2D eigenvalue weighted by Crippen LogP contribution is -2.11. The summed E-state index contributed by atoms with van der Waals surface area (Å²) >= 11 is 0. The Morgan fingerprint density at radius 2 is 2.05 bits per heavy atom. The van der Waals surface area contributed by atoms with Crippen LogP contribution in [0.2, 0.25) is 0 Å². The maximum absolute atomic E-state index is 11.1. The summed E-state index contributed by atoms with van der Waals surface area (Å²) in [5, 5.41) is 8.42. The molecule has 0 saturated heterocycles. The molecule has 1 aromatic carbocycles. The lowest BCUT2D eigenvalue weighted by molar-refractivity contribution is 0.687. The molecule has 21 heavy (non-hydrogen) atoms. The van der Waals surface area contributed by atoms with Gasteiger partial charge in [0, 0.05) is 29.4 Å². The van der Waals surface area contributed by atoms with Crippen LogP contribution in [0.3, 0.4) is 0 Å². The minimum absolute atomic E-state index is 0.582. The second-order valence-electron chi connectivity index (χ2n) is 4.56. The van der Waals surface area contributed by atoms with E-state index < -0.39 is 10.8 Å². The van der Waals surface area contributed by atoms with E-state index in [1.807, 2.05) is 30.3 Å². The van der Waals surface area contributed by atoms with E-state index in [4.69, 9.17) is 0 Å². The van der Waals surface area contributed by atoms with Crippen molar-refractivity contribution >= 4 is 27.7 Å². The molecule has 2 aromatic heterocycles. The first kappa shape index (κ1) is 13.7. The molecular weight excluding hydrogens is 286 g/mol. The molecule has 7 heteroatoms. The summed E-state index contributed by atoms with van der Waals surface area (Å²) in [7, 11) is -0.824. The van der Waals surface area contributed by atoms with Gasteiger partial charge in [-0.15, -0.1) is 0 Å². The van der Waals surface area contributed by atoms with E-state index in [1.54, 1.807) is 17.1 Å². The van der Waals surface area contributed by atoms with Gasteiger partial charge in [0.2, 0.25) is 0 Å². The molecule has 0 spiro atoms. The molecule has 0 aliphatic rings. The molecule has 0 fully saturated rings. The van der Waals surface area contributed by atoms with E-state index in [0.29, 0.717) is 18.1 Å². The zero-order valence-electron chi connectivity index (χ0n) is 11.6. The first-order chi connectivity index (χ1) is 10.3. The smallest absolute Gasteiger partial charge is 0.168 e. The highest BCUT2D eigenvalue weighted by Crippen LogP contribution is 2.21. The van der Waals surface area contributed by atoms with Gasteiger partial charge >= 0.3 is 0 Å². The van der Waals surface area contributed by atoms with Crippen LogP contribution in [0.15, 0.2) is 42.9 Å². The van der Waals surface area contributed by atoms with Crippen LogP contribution in [-0.4, -0.2) is 42.5 Å². The van der Waals surface area contributed by atoms with E-state index in [-0.39, 0.29) is 0 Å². The molecule has 0 radical (unpaired) electrons. The second kappa shape index (κ2) is 6.01. The van der Waals surface area contributed by atoms with Gasteiger partial charge in [0.1, 0.15) is 12.1 Å². The van der Waals surface area contributed by atoms with Gasteiger partial charge in [-0.05, 0) is 12.1 Å². The monoisotopic (exact) mass is 301 g/mol. The van der Waals surface area contributed by atoms with Crippen molar-refractivity contribution in [2.75, 3.05) is 23.9 Å². The van der Waals surface area contributed by atoms with E-state index in [1.165, 1.54) is 6.33 Å². The van der Waals surface area contributed by atoms with E-state index in [9.17, 15) is 4.21 Å². The van der Waals surface area contributed by atoms with Gasteiger partial charge < -0.3 is 5.32 Å². The summed E-state index contributed by atoms with van der Waals surface area (Å²) in [6, 6.07) is 9.82. The number of anilines is 1. The Labute approximate surface area is 124 Å². The molecule has 1 atom stereocenters. The predicted octanol–water partition coefficient (Wildman–Crippen LogP) is 1.61. The number of rotatable bonds is 5. The first-order valence-electron chi connectivity index (χ1n) is 6.54. The fraction of sp³-hybridized carbons (Fsp3) is 0.214. The summed E-state index contributed by atoms with van der Waals surface area (Å²) in [5.74, 6) is 1.30. The Hall–Kier alpha value is -2.28. The highest BCUT2D eigenvalue weighted by Gasteiger charge is 2.10. The molecule has 3 aromatic rings. The van der Waals surface area contributed by atoms with Gasteiger partial charge in [0.25, 0.3) is 0 Å². The topological polar surface area (TPSA) is 72.7 Å². The summed E-state index contributed by atoms with van der Waals surface area (Å²) in [6.07, 6.45) is 4.94. The molecule has 1 unspecified atom stereocenters. The number of aromatic nitrogens is 4. The van der Waals surface area contributed by atoms with Gasteiger partial charge in [-0.2, -0.15) is 5.10 Å². The van der Waals surface area contributed by atoms with E-state index in [2.05, 4.69) is 20.4 Å². The van der Waals surface area contributed by atoms with E-state index in [0.717, 1.165) is 16.7 Å². The Kier molecular flexibility index (Phi) is 3.92. The molecule has 0 aliphatic heterocycles. The molecule has 0 amide bonds. The second-order valence-corrected chi connectivity index (χ2v) is 6.11. The minimum atomic E-state index is -0.824. The standard InChI is InChI=1S/C14H15N5OS/c1-21(20)8-7-15-13-12-9-18-19(14(12)17-10-16-13)11-5-3-2-4-6-11/h2-6,9-10H,7-8H2,1H3,(H,15,16,17). The zero-order valence-corrected chi connectivity index (χ0v) is 12.4. The fourth-order valence-corrected chi connectivity index (χ4v) is 2.45. The maximum atomic E-state index is 11.1. The first-order valence-corrected chi connectivity index (χ1v) is 8.26. The Morgan fingerprint density at radius 1 is 1.24 bits per heavy atom. The van der Waals surface area contributed by atoms with Gasteiger partial charge in [0.05, 0.1) is 17.3 Å². The Bertz CT molecular complexity index is 771. The van der Waals surface area contributed by atoms with Crippen molar-refractivity contribution in [3.05, 3.63) is 42.9 Å². The van der Waals surface area contributed by atoms with Crippen LogP contribution in [0.4, 0.5) is 5.82 Å². The highest BCUT2D eigenvalue weighted by atomic mass is 32.2. The van der Waals surface area contributed by atoms with Gasteiger partial charge in [0.15, 0.2) is 5.65 Å². The number of para-hydroxylation sites is 1. The van der Waals surface area contributed by atoms with Crippen LogP contribution < -0.4 is 5.32 Å². The number of nitrogens with one attached hydrogen (secondary N) is 1. The van der Waals surface area contributed by atoms with Crippen molar-refractivity contribution in [1.29, 1.82) is 0 Å². The SMILES string of the molecule is CS(=O)CCNc1ncnc2c1cnn2-c1ccccc1. The van der Waals surface area contributed by atoms with Crippen LogP contribution in [0.1, 0.15) is 0 Å². The summed E-state index contributed by atoms with van der Waals surface area (Å²) < 4.78 is 12.9. The van der Waals surface area contributed by atoms with Crippen LogP contribution in [0.25, 0.3) is 16.7 Å². The molecule has 0 bridgehead atoms. The van der Waals surface area contributed by atoms with Crippen molar-refractivity contribution in [2.45, 2.75) is 0 Å². The van der Waals surface area contributed by atoms with Crippen molar-refractivity contribution in [2.24, 2.45) is 0 Å². The quantitative estimate of drug-likeness (QED) is 0.775. The largest absolute Gasteiger partial charge is 0.368 e. The zero-order chi connectivity index (χ0) is 14.7. The third-order valence-electron chi connectivity index (χ3n) is 3.05. The number of hydrogen-bond acceptors (Lipinski definition) is 5. The van der Waals surface area contributed by atoms with Gasteiger partial charge in [-0.25, -0.2) is 14.6 Å². The molecule has 3 rings (SSSR count). The lowest BCUT2D eigenvalue weighted by atomic mass is 10.3. The van der Waals surface area contributed by atoms with Crippen molar-refractivity contribution in [3.63, 3.8) is 0 Å². The Balaban J connectivity index is 1.95. The van der Waals surface area contributed by atoms with Crippen molar-refractivity contribution in [1.82, 2.24) is 19.7 Å². The molecule has 0 saturated carbocycles. The van der Waals surface area contributed by atoms with Crippen LogP contribution in [0, 0.1) is 0 Å². The number of hydrogen-bond donors (Lipinski definition) is 1. The van der Waals surface area contributed by atoms with Crippen molar-refractivity contribution < 1.29 is 4.21 Å². The van der Waals surface area contributed by atoms with Crippen LogP contribution in [0.5, 0.6) is 0 Å². The molecule has 108 valence electrons. The van der Waals surface area contributed by atoms with Crippen LogP contribution >= 0.6 is 0 Å². The van der Waals surface area contributed by atoms with E-state index >= 15 is 0 Å². The van der Waals surface area contributed by atoms with Crippen molar-refractivity contribution in [3.8, 4) is 5.69 Å². The Morgan fingerprint density at radius 3 is 2.81 bits per heavy atom.